The average molecular weight is 322 g/mol. The lowest BCUT2D eigenvalue weighted by Crippen LogP contribution is -2.10. The van der Waals surface area contributed by atoms with Crippen molar-refractivity contribution in [3.63, 3.8) is 0 Å². The van der Waals surface area contributed by atoms with Gasteiger partial charge in [-0.3, -0.25) is 5.10 Å². The lowest BCUT2D eigenvalue weighted by Gasteiger charge is -2.14. The first-order valence-electron chi connectivity index (χ1n) is 8.07. The molecule has 0 bridgehead atoms. The molecule has 0 amide bonds. The molecule has 1 aliphatic rings. The largest absolute Gasteiger partial charge is 0.461 e. The number of benzene rings is 1. The van der Waals surface area contributed by atoms with Gasteiger partial charge < -0.3 is 4.74 Å². The zero-order chi connectivity index (χ0) is 16.7. The minimum atomic E-state index is -0.369. The third kappa shape index (κ3) is 2.22. The summed E-state index contributed by atoms with van der Waals surface area (Å²) >= 11 is 0. The molecule has 6 nitrogen and oxygen atoms in total. The highest BCUT2D eigenvalue weighted by Gasteiger charge is 2.30. The second-order valence-electron chi connectivity index (χ2n) is 5.91. The van der Waals surface area contributed by atoms with Crippen molar-refractivity contribution < 1.29 is 9.53 Å². The Kier molecular flexibility index (Phi) is 3.45. The van der Waals surface area contributed by atoms with E-state index in [-0.39, 0.29) is 5.97 Å². The number of rotatable bonds is 3. The van der Waals surface area contributed by atoms with E-state index in [4.69, 9.17) is 4.74 Å². The summed E-state index contributed by atoms with van der Waals surface area (Å²) in [5, 5.41) is 11.8. The number of carbonyl (C=O) groups excluding carboxylic acids is 1. The van der Waals surface area contributed by atoms with Gasteiger partial charge in [0.15, 0.2) is 5.69 Å². The van der Waals surface area contributed by atoms with Gasteiger partial charge >= 0.3 is 5.97 Å². The molecule has 0 saturated heterocycles. The summed E-state index contributed by atoms with van der Waals surface area (Å²) in [6.45, 7) is 4.18. The van der Waals surface area contributed by atoms with Gasteiger partial charge in [-0.1, -0.05) is 17.7 Å². The summed E-state index contributed by atoms with van der Waals surface area (Å²) in [4.78, 5) is 12.3. The molecule has 24 heavy (non-hydrogen) atoms. The molecule has 1 N–H and O–H groups in total. The van der Waals surface area contributed by atoms with Crippen LogP contribution in [0, 0.1) is 6.92 Å². The summed E-state index contributed by atoms with van der Waals surface area (Å²) in [5.74, 6) is -0.369. The molecule has 0 saturated carbocycles. The Morgan fingerprint density at radius 3 is 2.83 bits per heavy atom. The van der Waals surface area contributed by atoms with Crippen LogP contribution in [-0.4, -0.2) is 32.6 Å². The van der Waals surface area contributed by atoms with Gasteiger partial charge in [0.25, 0.3) is 0 Å². The van der Waals surface area contributed by atoms with Crippen molar-refractivity contribution in [3.05, 3.63) is 53.0 Å². The van der Waals surface area contributed by atoms with E-state index < -0.39 is 0 Å². The van der Waals surface area contributed by atoms with Gasteiger partial charge in [-0.05, 0) is 38.8 Å². The Bertz CT molecular complexity index is 906. The molecule has 2 heterocycles. The van der Waals surface area contributed by atoms with Crippen LogP contribution in [0.15, 0.2) is 30.5 Å². The lowest BCUT2D eigenvalue weighted by atomic mass is 9.94. The van der Waals surface area contributed by atoms with E-state index in [2.05, 4.69) is 15.3 Å². The van der Waals surface area contributed by atoms with E-state index in [1.807, 2.05) is 35.9 Å². The minimum absolute atomic E-state index is 0.335. The molecule has 1 aromatic carbocycles. The van der Waals surface area contributed by atoms with E-state index in [9.17, 15) is 4.79 Å². The number of aromatic nitrogens is 4. The fraction of sp³-hybridized carbons (Fsp3) is 0.278. The number of nitrogens with zero attached hydrogens (tertiary/aromatic N) is 3. The predicted molar refractivity (Wildman–Crippen MR) is 89.2 cm³/mol. The minimum Gasteiger partial charge on any atom is -0.461 e. The normalized spacial score (nSPS) is 12.6. The molecule has 1 aliphatic carbocycles. The highest BCUT2D eigenvalue weighted by atomic mass is 16.5. The molecular weight excluding hydrogens is 304 g/mol. The lowest BCUT2D eigenvalue weighted by molar-refractivity contribution is 0.0517. The van der Waals surface area contributed by atoms with Crippen molar-refractivity contribution in [2.24, 2.45) is 0 Å². The maximum Gasteiger partial charge on any atom is 0.359 e. The third-order valence-corrected chi connectivity index (χ3v) is 4.33. The monoisotopic (exact) mass is 322 g/mol. The number of hydrogen-bond acceptors (Lipinski definition) is 4. The predicted octanol–water partition coefficient (Wildman–Crippen LogP) is 2.85. The number of hydrogen-bond donors (Lipinski definition) is 1. The number of fused-ring (bicyclic) bond motifs is 3. The Balaban J connectivity index is 1.94. The van der Waals surface area contributed by atoms with Gasteiger partial charge in [0, 0.05) is 16.8 Å². The van der Waals surface area contributed by atoms with Crippen LogP contribution in [0.3, 0.4) is 0 Å². The number of aromatic amines is 1. The summed E-state index contributed by atoms with van der Waals surface area (Å²) in [6.07, 6.45) is 3.35. The molecule has 0 radical (unpaired) electrons. The van der Waals surface area contributed by atoms with E-state index in [1.54, 1.807) is 13.1 Å². The summed E-state index contributed by atoms with van der Waals surface area (Å²) in [7, 11) is 0. The molecule has 4 rings (SSSR count). The average Bonchev–Trinajstić information content (AvgIpc) is 3.19. The molecule has 0 unspecified atom stereocenters. The number of nitrogens with one attached hydrogen (secondary N) is 1. The molecule has 3 aromatic rings. The van der Waals surface area contributed by atoms with Crippen LogP contribution in [0.25, 0.3) is 16.9 Å². The van der Waals surface area contributed by atoms with Crippen LogP contribution in [-0.2, 0) is 17.6 Å². The molecule has 6 heteroatoms. The molecule has 0 fully saturated rings. The highest BCUT2D eigenvalue weighted by Crippen LogP contribution is 2.36. The van der Waals surface area contributed by atoms with Crippen molar-refractivity contribution in [3.8, 4) is 16.9 Å². The SMILES string of the molecule is CCOC(=O)c1nn(-c2ccc(C)cc2)c2c1CCc1[nH]ncc1-2. The first-order chi connectivity index (χ1) is 11.7. The van der Waals surface area contributed by atoms with Crippen molar-refractivity contribution in [2.75, 3.05) is 6.61 Å². The molecule has 0 atom stereocenters. The number of carbonyl (C=O) groups is 1. The molecular formula is C18H18N4O2. The molecule has 2 aromatic heterocycles. The van der Waals surface area contributed by atoms with Crippen LogP contribution >= 0.6 is 0 Å². The van der Waals surface area contributed by atoms with Crippen LogP contribution in [0.4, 0.5) is 0 Å². The number of aryl methyl sites for hydroxylation is 2. The van der Waals surface area contributed by atoms with Crippen LogP contribution in [0.1, 0.15) is 34.2 Å². The smallest absolute Gasteiger partial charge is 0.359 e. The van der Waals surface area contributed by atoms with Gasteiger partial charge in [-0.25, -0.2) is 9.48 Å². The number of ether oxygens (including phenoxy) is 1. The van der Waals surface area contributed by atoms with Crippen LogP contribution < -0.4 is 0 Å². The maximum atomic E-state index is 12.3. The fourth-order valence-electron chi connectivity index (χ4n) is 3.16. The summed E-state index contributed by atoms with van der Waals surface area (Å²) in [5.41, 5.74) is 6.43. The van der Waals surface area contributed by atoms with Crippen molar-refractivity contribution in [1.82, 2.24) is 20.0 Å². The Morgan fingerprint density at radius 1 is 1.29 bits per heavy atom. The topological polar surface area (TPSA) is 72.8 Å². The van der Waals surface area contributed by atoms with Crippen molar-refractivity contribution >= 4 is 5.97 Å². The standard InChI is InChI=1S/C18H18N4O2/c1-3-24-18(23)16-13-8-9-15-14(10-19-20-15)17(13)22(21-16)12-6-4-11(2)5-7-12/h4-7,10H,3,8-9H2,1-2H3,(H,19,20). The van der Waals surface area contributed by atoms with Crippen LogP contribution in [0.5, 0.6) is 0 Å². The fourth-order valence-corrected chi connectivity index (χ4v) is 3.16. The second-order valence-corrected chi connectivity index (χ2v) is 5.91. The van der Waals surface area contributed by atoms with Gasteiger partial charge in [0.2, 0.25) is 0 Å². The van der Waals surface area contributed by atoms with Gasteiger partial charge in [0.1, 0.15) is 0 Å². The van der Waals surface area contributed by atoms with E-state index in [0.717, 1.165) is 41.0 Å². The second kappa shape index (κ2) is 5.63. The van der Waals surface area contributed by atoms with Gasteiger partial charge in [0.05, 0.1) is 24.2 Å². The van der Waals surface area contributed by atoms with E-state index in [1.165, 1.54) is 5.56 Å². The van der Waals surface area contributed by atoms with Crippen LogP contribution in [0.2, 0.25) is 0 Å². The zero-order valence-electron chi connectivity index (χ0n) is 13.7. The van der Waals surface area contributed by atoms with E-state index >= 15 is 0 Å². The van der Waals surface area contributed by atoms with Crippen molar-refractivity contribution in [1.29, 1.82) is 0 Å². The highest BCUT2D eigenvalue weighted by molar-refractivity contribution is 5.92. The summed E-state index contributed by atoms with van der Waals surface area (Å²) < 4.78 is 7.02. The number of esters is 1. The van der Waals surface area contributed by atoms with Gasteiger partial charge in [-0.15, -0.1) is 0 Å². The quantitative estimate of drug-likeness (QED) is 0.753. The molecule has 0 aliphatic heterocycles. The molecule has 0 spiro atoms. The van der Waals surface area contributed by atoms with Crippen molar-refractivity contribution in [2.45, 2.75) is 26.7 Å². The Hall–Kier alpha value is -2.89. The Morgan fingerprint density at radius 2 is 2.08 bits per heavy atom. The first-order valence-corrected chi connectivity index (χ1v) is 8.07. The van der Waals surface area contributed by atoms with Gasteiger partial charge in [-0.2, -0.15) is 10.2 Å². The third-order valence-electron chi connectivity index (χ3n) is 4.33. The first kappa shape index (κ1) is 14.7. The zero-order valence-corrected chi connectivity index (χ0v) is 13.7. The summed E-state index contributed by atoms with van der Waals surface area (Å²) in [6, 6.07) is 8.08. The maximum absolute atomic E-state index is 12.3. The van der Waals surface area contributed by atoms with E-state index in [0.29, 0.717) is 12.3 Å². The Labute approximate surface area is 139 Å². The molecule has 122 valence electrons. The number of H-pyrrole nitrogens is 1.